The fourth-order valence-electron chi connectivity index (χ4n) is 4.06. The average Bonchev–Trinajstić information content (AvgIpc) is 2.88. The summed E-state index contributed by atoms with van der Waals surface area (Å²) in [6, 6.07) is 3.35. The first-order valence-electron chi connectivity index (χ1n) is 11.5. The van der Waals surface area contributed by atoms with Crippen molar-refractivity contribution in [3.63, 3.8) is 0 Å². The van der Waals surface area contributed by atoms with Gasteiger partial charge in [0.05, 0.1) is 11.2 Å². The fraction of sp³-hybridized carbons (Fsp3) is 0.696. The highest BCUT2D eigenvalue weighted by Gasteiger charge is 2.52. The molecule has 0 spiro atoms. The van der Waals surface area contributed by atoms with Crippen molar-refractivity contribution in [2.24, 2.45) is 0 Å². The van der Waals surface area contributed by atoms with Gasteiger partial charge in [0.25, 0.3) is 0 Å². The Bertz CT molecular complexity index is 1030. The number of amides is 1. The van der Waals surface area contributed by atoms with Crippen LogP contribution in [-0.2, 0) is 30.0 Å². The quantitative estimate of drug-likeness (QED) is 0.466. The lowest BCUT2D eigenvalue weighted by atomic mass is 9.75. The molecular formula is C23H36BFN2O6S. The van der Waals surface area contributed by atoms with Crippen molar-refractivity contribution in [1.29, 1.82) is 0 Å². The molecule has 2 aliphatic heterocycles. The number of piperazine rings is 1. The Kier molecular flexibility index (Phi) is 7.07. The van der Waals surface area contributed by atoms with Gasteiger partial charge in [-0.2, -0.15) is 8.42 Å². The van der Waals surface area contributed by atoms with Gasteiger partial charge >= 0.3 is 23.4 Å². The van der Waals surface area contributed by atoms with Gasteiger partial charge in [-0.3, -0.25) is 0 Å². The number of carbonyl (C=O) groups is 1. The van der Waals surface area contributed by atoms with Gasteiger partial charge in [0.1, 0.15) is 11.4 Å². The van der Waals surface area contributed by atoms with Gasteiger partial charge in [-0.25, -0.2) is 4.79 Å². The van der Waals surface area contributed by atoms with E-state index in [2.05, 4.69) is 4.90 Å². The number of anilines is 1. The van der Waals surface area contributed by atoms with Crippen molar-refractivity contribution in [3.05, 3.63) is 23.3 Å². The van der Waals surface area contributed by atoms with Crippen LogP contribution in [0, 0.1) is 6.92 Å². The number of hydrogen-bond donors (Lipinski definition) is 0. The van der Waals surface area contributed by atoms with Crippen LogP contribution in [0.25, 0.3) is 0 Å². The molecule has 8 nitrogen and oxygen atoms in total. The first-order chi connectivity index (χ1) is 15.4. The largest absolute Gasteiger partial charge is 0.495 e. The molecule has 1 aromatic carbocycles. The second kappa shape index (κ2) is 8.98. The van der Waals surface area contributed by atoms with Gasteiger partial charge < -0.3 is 23.8 Å². The van der Waals surface area contributed by atoms with E-state index in [9.17, 15) is 17.1 Å². The number of ether oxygens (including phenoxy) is 1. The first kappa shape index (κ1) is 26.8. The van der Waals surface area contributed by atoms with Crippen molar-refractivity contribution in [2.75, 3.05) is 31.1 Å². The van der Waals surface area contributed by atoms with E-state index in [4.69, 9.17) is 14.0 Å². The molecule has 0 saturated carbocycles. The highest BCUT2D eigenvalue weighted by atomic mass is 32.3. The maximum Gasteiger partial charge on any atom is 0.495 e. The Morgan fingerprint density at radius 1 is 1.09 bits per heavy atom. The zero-order valence-electron chi connectivity index (χ0n) is 21.4. The molecule has 190 valence electrons. The minimum Gasteiger partial charge on any atom is -0.444 e. The Morgan fingerprint density at radius 3 is 2.09 bits per heavy atom. The Labute approximate surface area is 203 Å². The number of benzene rings is 1. The molecule has 2 heterocycles. The Morgan fingerprint density at radius 2 is 1.62 bits per heavy atom. The van der Waals surface area contributed by atoms with Crippen LogP contribution in [0.2, 0.25) is 0 Å². The summed E-state index contributed by atoms with van der Waals surface area (Å²) >= 11 is 0. The zero-order chi connectivity index (χ0) is 25.7. The van der Waals surface area contributed by atoms with Gasteiger partial charge in [0.15, 0.2) is 0 Å². The summed E-state index contributed by atoms with van der Waals surface area (Å²) in [6.07, 6.45) is -0.362. The predicted molar refractivity (Wildman–Crippen MR) is 131 cm³/mol. The molecule has 34 heavy (non-hydrogen) atoms. The molecule has 1 aromatic rings. The smallest absolute Gasteiger partial charge is 0.444 e. The molecule has 1 amide bonds. The van der Waals surface area contributed by atoms with Crippen molar-refractivity contribution < 1.29 is 31.1 Å². The highest BCUT2D eigenvalue weighted by molar-refractivity contribution is 7.85. The van der Waals surface area contributed by atoms with Crippen LogP contribution in [0.1, 0.15) is 59.6 Å². The van der Waals surface area contributed by atoms with E-state index in [-0.39, 0.29) is 6.09 Å². The van der Waals surface area contributed by atoms with Crippen LogP contribution in [0.5, 0.6) is 0 Å². The second-order valence-electron chi connectivity index (χ2n) is 11.1. The van der Waals surface area contributed by atoms with E-state index < -0.39 is 39.9 Å². The Balaban J connectivity index is 1.90. The van der Waals surface area contributed by atoms with Crippen molar-refractivity contribution in [1.82, 2.24) is 4.90 Å². The van der Waals surface area contributed by atoms with E-state index in [0.29, 0.717) is 37.2 Å². The highest BCUT2D eigenvalue weighted by Crippen LogP contribution is 2.37. The average molecular weight is 498 g/mol. The van der Waals surface area contributed by atoms with E-state index in [1.54, 1.807) is 17.0 Å². The Hall–Kier alpha value is -1.85. The summed E-state index contributed by atoms with van der Waals surface area (Å²) in [7, 11) is -5.44. The summed E-state index contributed by atoms with van der Waals surface area (Å²) in [4.78, 5) is 16.2. The molecule has 0 N–H and O–H groups in total. The summed E-state index contributed by atoms with van der Waals surface area (Å²) in [6.45, 7) is 17.1. The molecule has 0 unspecified atom stereocenters. The number of nitrogens with zero attached hydrogens (tertiary/aromatic N) is 2. The number of hydrogen-bond acceptors (Lipinski definition) is 7. The molecule has 3 rings (SSSR count). The lowest BCUT2D eigenvalue weighted by molar-refractivity contribution is 0.00578. The summed E-state index contributed by atoms with van der Waals surface area (Å²) < 4.78 is 54.4. The van der Waals surface area contributed by atoms with Crippen molar-refractivity contribution >= 4 is 34.6 Å². The van der Waals surface area contributed by atoms with E-state index in [1.165, 1.54) is 0 Å². The minimum atomic E-state index is -4.73. The molecule has 2 aliphatic rings. The molecule has 2 fully saturated rings. The van der Waals surface area contributed by atoms with Gasteiger partial charge in [-0.1, -0.05) is 6.07 Å². The minimum absolute atomic E-state index is 0.322. The molecule has 0 aromatic heterocycles. The van der Waals surface area contributed by atoms with Crippen molar-refractivity contribution in [2.45, 2.75) is 77.9 Å². The fourth-order valence-corrected chi connectivity index (χ4v) is 4.63. The monoisotopic (exact) mass is 498 g/mol. The first-order valence-corrected chi connectivity index (χ1v) is 13.1. The van der Waals surface area contributed by atoms with Crippen LogP contribution in [-0.4, -0.2) is 69.5 Å². The maximum atomic E-state index is 13.6. The van der Waals surface area contributed by atoms with Gasteiger partial charge in [-0.05, 0) is 78.0 Å². The summed E-state index contributed by atoms with van der Waals surface area (Å²) in [5, 5.41) is 0. The number of halogens is 1. The SMILES string of the molecule is Cc1c(B2OC(C)(C)C(C)(C)O2)cc(CS(=O)(=O)F)cc1N1CCN(C(=O)OC(C)(C)C)CC1. The van der Waals surface area contributed by atoms with Crippen LogP contribution < -0.4 is 10.4 Å². The normalized spacial score (nSPS) is 20.6. The van der Waals surface area contributed by atoms with Crippen LogP contribution in [0.15, 0.2) is 12.1 Å². The molecular weight excluding hydrogens is 462 g/mol. The third-order valence-corrected chi connectivity index (χ3v) is 7.28. The van der Waals surface area contributed by atoms with Gasteiger partial charge in [0, 0.05) is 31.9 Å². The van der Waals surface area contributed by atoms with Crippen LogP contribution in [0.3, 0.4) is 0 Å². The van der Waals surface area contributed by atoms with E-state index >= 15 is 0 Å². The van der Waals surface area contributed by atoms with Crippen molar-refractivity contribution in [3.8, 4) is 0 Å². The summed E-state index contributed by atoms with van der Waals surface area (Å²) in [5.41, 5.74) is 0.900. The molecule has 0 aliphatic carbocycles. The lowest BCUT2D eigenvalue weighted by Crippen LogP contribution is -2.50. The second-order valence-corrected chi connectivity index (χ2v) is 12.4. The molecule has 0 atom stereocenters. The third kappa shape index (κ3) is 6.04. The molecule has 0 radical (unpaired) electrons. The third-order valence-electron chi connectivity index (χ3n) is 6.60. The van der Waals surface area contributed by atoms with E-state index in [1.807, 2.05) is 55.4 Å². The standard InChI is InChI=1S/C23H36BFN2O6S/c1-16-18(24-32-22(5,6)23(7,8)33-24)13-17(15-34(25,29)30)14-19(16)26-9-11-27(12-10-26)20(28)31-21(2,3)4/h13-14H,9-12,15H2,1-8H3. The van der Waals surface area contributed by atoms with Gasteiger partial charge in [-0.15, -0.1) is 3.89 Å². The predicted octanol–water partition coefficient (Wildman–Crippen LogP) is 3.15. The zero-order valence-corrected chi connectivity index (χ0v) is 22.2. The van der Waals surface area contributed by atoms with Crippen LogP contribution >= 0.6 is 0 Å². The maximum absolute atomic E-state index is 13.6. The van der Waals surface area contributed by atoms with E-state index in [0.717, 1.165) is 11.3 Å². The number of rotatable bonds is 4. The molecule has 0 bridgehead atoms. The molecule has 2 saturated heterocycles. The molecule has 11 heteroatoms. The van der Waals surface area contributed by atoms with Gasteiger partial charge in [0.2, 0.25) is 0 Å². The summed E-state index contributed by atoms with van der Waals surface area (Å²) in [5.74, 6) is -0.731. The lowest BCUT2D eigenvalue weighted by Gasteiger charge is -2.38. The number of carbonyl (C=O) groups excluding carboxylic acids is 1. The van der Waals surface area contributed by atoms with Crippen LogP contribution in [0.4, 0.5) is 14.4 Å². The topological polar surface area (TPSA) is 85.4 Å².